The first kappa shape index (κ1) is 76.3. The summed E-state index contributed by atoms with van der Waals surface area (Å²) in [4.78, 5) is 14.9. The van der Waals surface area contributed by atoms with Crippen LogP contribution in [0, 0.1) is 107 Å². The van der Waals surface area contributed by atoms with Gasteiger partial charge in [-0.1, -0.05) is 177 Å². The number of nitrogens with zero attached hydrogens (tertiary/aromatic N) is 10. The van der Waals surface area contributed by atoms with E-state index in [0.717, 1.165) is 166 Å². The number of hydrogen-bond acceptors (Lipinski definition) is 6. The van der Waals surface area contributed by atoms with E-state index in [-0.39, 0.29) is 52.2 Å². The Kier molecular flexibility index (Phi) is 20.5. The summed E-state index contributed by atoms with van der Waals surface area (Å²) in [5, 5.41) is 18.3. The number of fused-ring (bicyclic) bond motifs is 15. The number of rotatable bonds is 9. The Morgan fingerprint density at radius 3 is 0.993 bits per heavy atom. The Morgan fingerprint density at radius 1 is 0.305 bits per heavy atom. The van der Waals surface area contributed by atoms with Gasteiger partial charge in [-0.3, -0.25) is 0 Å². The number of pyridine rings is 5. The second-order valence-electron chi connectivity index (χ2n) is 35.5. The molecule has 0 bridgehead atoms. The minimum Gasteiger partial charge on any atom is -0.466 e. The van der Waals surface area contributed by atoms with Crippen molar-refractivity contribution in [3.63, 3.8) is 0 Å². The first-order valence-electron chi connectivity index (χ1n) is 52.8. The molecule has 15 heteroatoms. The maximum Gasteiger partial charge on any atom is 0.232 e. The monoisotopic (exact) mass is 1850 g/mol. The van der Waals surface area contributed by atoms with Gasteiger partial charge in [-0.2, -0.15) is 5.26 Å². The molecule has 682 valence electrons. The molecule has 0 spiro atoms. The molecule has 1 unspecified atom stereocenters. The highest BCUT2D eigenvalue weighted by molar-refractivity contribution is 6.19. The maximum atomic E-state index is 9.84. The van der Waals surface area contributed by atoms with Crippen molar-refractivity contribution in [3.8, 4) is 95.7 Å². The van der Waals surface area contributed by atoms with E-state index in [1.54, 1.807) is 32.0 Å². The van der Waals surface area contributed by atoms with Gasteiger partial charge in [0, 0.05) is 131 Å². The van der Waals surface area contributed by atoms with E-state index < -0.39 is 49.0 Å². The van der Waals surface area contributed by atoms with Crippen molar-refractivity contribution in [1.82, 2.24) is 0 Å². The third-order valence-corrected chi connectivity index (χ3v) is 26.7. The van der Waals surface area contributed by atoms with Crippen molar-refractivity contribution in [2.24, 2.45) is 35.2 Å². The summed E-state index contributed by atoms with van der Waals surface area (Å²) in [5.74, 6) is -2.00. The van der Waals surface area contributed by atoms with Crippen molar-refractivity contribution >= 4 is 132 Å². The van der Waals surface area contributed by atoms with Crippen molar-refractivity contribution in [2.75, 3.05) is 0 Å². The number of aryl methyl sites for hydroxylation is 13. The van der Waals surface area contributed by atoms with E-state index in [1.165, 1.54) is 12.5 Å². The van der Waals surface area contributed by atoms with Crippen LogP contribution in [0.25, 0.3) is 219 Å². The lowest BCUT2D eigenvalue weighted by atomic mass is 9.94. The lowest BCUT2D eigenvalue weighted by Crippen LogP contribution is -2.30. The third kappa shape index (κ3) is 16.2. The molecule has 0 radical (unpaired) electrons. The minimum absolute atomic E-state index is 0.0445. The van der Waals surface area contributed by atoms with Crippen LogP contribution in [0.4, 0.5) is 22.7 Å². The van der Waals surface area contributed by atoms with Crippen LogP contribution in [0.5, 0.6) is 0 Å². The summed E-state index contributed by atoms with van der Waals surface area (Å²) in [6, 6.07) is 70.1. The largest absolute Gasteiger partial charge is 0.466 e. The first-order valence-corrected chi connectivity index (χ1v) is 45.8. The van der Waals surface area contributed by atoms with Crippen LogP contribution in [0.1, 0.15) is 106 Å². The topological polar surface area (TPSA) is 126 Å². The van der Waals surface area contributed by atoms with Crippen LogP contribution < -0.4 is 22.8 Å². The van der Waals surface area contributed by atoms with Crippen LogP contribution >= 0.6 is 0 Å². The Balaban J connectivity index is 0.000000121. The number of nitriles is 1. The summed E-state index contributed by atoms with van der Waals surface area (Å²) in [7, 11) is 9.94. The predicted molar refractivity (Wildman–Crippen MR) is 569 cm³/mol. The number of benzene rings is 13. The predicted octanol–water partition coefficient (Wildman–Crippen LogP) is 31.7. The molecule has 23 rings (SSSR count). The van der Waals surface area contributed by atoms with Crippen LogP contribution in [0.3, 0.4) is 0 Å². The van der Waals surface area contributed by atoms with Gasteiger partial charge in [0.15, 0.2) is 42.4 Å². The van der Waals surface area contributed by atoms with Crippen molar-refractivity contribution < 1.29 is 64.1 Å². The van der Waals surface area contributed by atoms with E-state index >= 15 is 0 Å². The highest BCUT2D eigenvalue weighted by Gasteiger charge is 2.31. The van der Waals surface area contributed by atoms with Gasteiger partial charge in [0.05, 0.1) is 79.4 Å². The summed E-state index contributed by atoms with van der Waals surface area (Å²) < 4.78 is 157. The van der Waals surface area contributed by atoms with Gasteiger partial charge < -0.3 is 22.1 Å². The number of hydrogen-bond donors (Lipinski definition) is 0. The fourth-order valence-corrected chi connectivity index (χ4v) is 19.6. The van der Waals surface area contributed by atoms with Gasteiger partial charge in [0.1, 0.15) is 91.1 Å². The zero-order valence-corrected chi connectivity index (χ0v) is 80.7. The molecule has 0 aliphatic rings. The summed E-state index contributed by atoms with van der Waals surface area (Å²) >= 11 is 0. The molecule has 13 aromatic carbocycles. The van der Waals surface area contributed by atoms with Crippen molar-refractivity contribution in [1.29, 1.82) is 5.26 Å². The standard InChI is InChI=1S/2C27H21N2O.C26H19N2O.C24H23N2O.C22H19N2O/c2*1-17-13-14-20-22-16-21(19-10-6-5-7-11-19)18(2)25(28-3)27(22)30-26(20)24(17)23-12-8-9-15-29(23)4;1-17-11-13-21-24-19(16-27)12-14-20(18-8-4-3-5-9-18)25(24)29-26(21)23(17)22-10-6-7-15-28(22)2;1-14(2)20-22(25-5)16(4)13-18-17-11-10-15(3)21(23(17)27-24(18)20)19-9-7-8-12-26(19)6;1-13-9-10-16-17-12-14(2)20(23-4)15(3)21(17)25-22(16)19(13)18-8-6-7-11-24(18)5/h2*5-16H,1-2,4H3;3-15H,1-2H3;7-14H,1-4,6H3;6-12H,1-3,5H3/q5*+1/i5D,6D,7D,10D,11D;;3D,4D,5D,8D,9D;1D3,14D;. The van der Waals surface area contributed by atoms with E-state index in [1.807, 2.05) is 261 Å². The molecule has 0 amide bonds. The summed E-state index contributed by atoms with van der Waals surface area (Å²) in [5.41, 5.74) is 30.7. The average molecular weight is 1850 g/mol. The lowest BCUT2D eigenvalue weighted by Gasteiger charge is -2.11. The van der Waals surface area contributed by atoms with Gasteiger partial charge in [-0.25, -0.2) is 42.2 Å². The molecule has 0 aliphatic heterocycles. The second-order valence-corrected chi connectivity index (χ2v) is 35.5. The molecule has 10 heterocycles. The van der Waals surface area contributed by atoms with Gasteiger partial charge in [0.2, 0.25) is 39.8 Å². The highest BCUT2D eigenvalue weighted by Crippen LogP contribution is 2.51. The Labute approximate surface area is 839 Å². The maximum absolute atomic E-state index is 9.84. The van der Waals surface area contributed by atoms with E-state index in [0.29, 0.717) is 89.0 Å². The summed E-state index contributed by atoms with van der Waals surface area (Å²) in [6.45, 7) is 49.2. The first-order chi connectivity index (χ1) is 74.0. The minimum atomic E-state index is -2.63. The molecule has 141 heavy (non-hydrogen) atoms. The zero-order valence-electron chi connectivity index (χ0n) is 94.7. The molecule has 0 saturated heterocycles. The van der Waals surface area contributed by atoms with Crippen LogP contribution in [-0.2, 0) is 35.2 Å². The van der Waals surface area contributed by atoms with Gasteiger partial charge in [-0.05, 0) is 213 Å². The molecule has 0 fully saturated rings. The van der Waals surface area contributed by atoms with E-state index in [4.69, 9.17) is 67.6 Å². The molecule has 15 nitrogen and oxygen atoms in total. The Morgan fingerprint density at radius 2 is 0.624 bits per heavy atom. The van der Waals surface area contributed by atoms with Gasteiger partial charge >= 0.3 is 0 Å². The molecule has 23 aromatic rings. The molecular formula is C126H103N10O5+5. The van der Waals surface area contributed by atoms with E-state index in [2.05, 4.69) is 109 Å². The quantitative estimate of drug-likeness (QED) is 0.105. The Hall–Kier alpha value is -17.9. The summed E-state index contributed by atoms with van der Waals surface area (Å²) in [6.07, 6.45) is 9.94. The van der Waals surface area contributed by atoms with Gasteiger partial charge in [0.25, 0.3) is 0 Å². The molecule has 1 atom stereocenters. The van der Waals surface area contributed by atoms with E-state index in [9.17, 15) is 5.26 Å². The number of aromatic nitrogens is 5. The fourth-order valence-electron chi connectivity index (χ4n) is 19.6. The van der Waals surface area contributed by atoms with Crippen molar-refractivity contribution in [3.05, 3.63) is 422 Å². The molecular weight excluding hydrogens is 1730 g/mol. The van der Waals surface area contributed by atoms with Crippen LogP contribution in [0.2, 0.25) is 0 Å². The van der Waals surface area contributed by atoms with Crippen LogP contribution in [-0.4, -0.2) is 0 Å². The SMILES string of the molecule is [2H]C([2H])([2H])C([2H])(C)c1c([N+]#[C-])c(C)cc2c1oc1c(-c3cccc[n+]3C)c(C)ccc12.[2H]c1c([2H])c([2H])c(-c2cc3c(oc4c(-c5cccc[n+]5C)c(C)ccc43)c([N+]#[C-])c2C)c([2H])c1[2H].[2H]c1c([2H])c([2H])c(-c2ccc(C#N)c3c2oc2c(-c4cccc[n+]4C)c(C)ccc23)c([2H])c1[2H].[C-]#[N+]c1c(C)c(-c2ccccc2)cc2c1oc1c(-c3cccc[n+]3C)c(C)ccc12.[C-]#[N+]c1c(C)cc2c(oc3c(-c4cccc[n+]4C)c(C)ccc32)c1C. The molecule has 0 N–H and O–H groups in total. The fraction of sp³-hybridized carbons (Fsp3) is 0.143. The Bertz CT molecular complexity index is 10100. The smallest absolute Gasteiger partial charge is 0.232 e. The molecule has 0 aliphatic carbocycles. The third-order valence-electron chi connectivity index (χ3n) is 26.7. The van der Waals surface area contributed by atoms with Crippen molar-refractivity contribution in [2.45, 2.75) is 88.9 Å². The highest BCUT2D eigenvalue weighted by atomic mass is 16.3. The average Bonchev–Trinajstić information content (AvgIpc) is 1.59. The lowest BCUT2D eigenvalue weighted by molar-refractivity contribution is -0.660. The number of furan rings is 5. The van der Waals surface area contributed by atoms with Crippen LogP contribution in [0.15, 0.2) is 332 Å². The molecule has 10 aromatic heterocycles. The molecule has 0 saturated carbocycles. The second kappa shape index (κ2) is 38.0. The van der Waals surface area contributed by atoms with Gasteiger partial charge in [-0.15, -0.1) is 0 Å². The normalized spacial score (nSPS) is 13.1. The zero-order chi connectivity index (χ0) is 111.